The fraction of sp³-hybridized carbons (Fsp3) is 0.250. The average molecular weight is 935 g/mol. The van der Waals surface area contributed by atoms with Gasteiger partial charge in [-0.3, -0.25) is 9.59 Å². The summed E-state index contributed by atoms with van der Waals surface area (Å²) in [6, 6.07) is 19.4. The minimum absolute atomic E-state index is 0.0548. The molecule has 1 aliphatic heterocycles. The summed E-state index contributed by atoms with van der Waals surface area (Å²) in [6.07, 6.45) is 3.10. The highest BCUT2D eigenvalue weighted by Crippen LogP contribution is 2.29. The van der Waals surface area contributed by atoms with Crippen molar-refractivity contribution in [2.24, 2.45) is 0 Å². The van der Waals surface area contributed by atoms with Gasteiger partial charge in [-0.25, -0.2) is 9.59 Å². The summed E-state index contributed by atoms with van der Waals surface area (Å²) >= 11 is 24.2. The Morgan fingerprint density at radius 3 is 1.48 bits per heavy atom. The van der Waals surface area contributed by atoms with Crippen molar-refractivity contribution in [3.8, 4) is 5.75 Å². The number of carbonyl (C=O) groups is 4. The standard InChI is InChI=1S/C22H21Cl2NO4.C18H14Cl2F3NO6S/c1-28-22(27)19(25-21(26)20-17(23)3-2-4-18(20)24)13-14-5-7-15(8-6-14)16-9-11-29-12-10-16;1-29-17(26)14(24-16(25)15-12(19)3-2-4-13(15)20)9-10-5-7-11(8-6-10)30-31(27,28)18(21,22)23/h2-9,19H,10-13H2,1H3,(H,25,26);2-8,14H,9H2,1H3,(H,24,25)/t19-;14-/m00/s1. The van der Waals surface area contributed by atoms with E-state index in [9.17, 15) is 40.8 Å². The van der Waals surface area contributed by atoms with Gasteiger partial charge in [0.05, 0.1) is 58.7 Å². The summed E-state index contributed by atoms with van der Waals surface area (Å²) in [5.74, 6) is -3.21. The molecule has 0 bridgehead atoms. The van der Waals surface area contributed by atoms with E-state index in [0.29, 0.717) is 18.8 Å². The number of amides is 2. The van der Waals surface area contributed by atoms with E-state index in [1.165, 1.54) is 43.0 Å². The lowest BCUT2D eigenvalue weighted by molar-refractivity contribution is -0.143. The van der Waals surface area contributed by atoms with Crippen LogP contribution in [0.15, 0.2) is 91.0 Å². The van der Waals surface area contributed by atoms with Gasteiger partial charge in [-0.05, 0) is 65.1 Å². The smallest absolute Gasteiger partial charge is 0.467 e. The van der Waals surface area contributed by atoms with Gasteiger partial charge in [0.15, 0.2) is 0 Å². The maximum absolute atomic E-state index is 12.7. The van der Waals surface area contributed by atoms with Crippen LogP contribution in [0.25, 0.3) is 5.57 Å². The maximum atomic E-state index is 12.7. The van der Waals surface area contributed by atoms with Crippen LogP contribution < -0.4 is 14.8 Å². The molecule has 2 amide bonds. The first-order chi connectivity index (χ1) is 28.3. The zero-order valence-corrected chi connectivity index (χ0v) is 35.3. The van der Waals surface area contributed by atoms with Gasteiger partial charge >= 0.3 is 27.6 Å². The van der Waals surface area contributed by atoms with Crippen LogP contribution in [0.2, 0.25) is 20.1 Å². The number of esters is 2. The fourth-order valence-corrected chi connectivity index (χ4v) is 7.13. The number of methoxy groups -OCH3 is 2. The Labute approximate surface area is 362 Å². The fourth-order valence-electron chi connectivity index (χ4n) is 5.53. The summed E-state index contributed by atoms with van der Waals surface area (Å²) in [4.78, 5) is 49.5. The number of rotatable bonds is 13. The van der Waals surface area contributed by atoms with Crippen molar-refractivity contribution in [1.29, 1.82) is 0 Å². The number of nitrogens with one attached hydrogen (secondary N) is 2. The third-order valence-corrected chi connectivity index (χ3v) is 10.8. The van der Waals surface area contributed by atoms with E-state index >= 15 is 0 Å². The predicted molar refractivity (Wildman–Crippen MR) is 219 cm³/mol. The van der Waals surface area contributed by atoms with E-state index in [1.54, 1.807) is 18.2 Å². The molecule has 0 unspecified atom stereocenters. The largest absolute Gasteiger partial charge is 0.534 e. The number of ether oxygens (including phenoxy) is 3. The first-order valence-electron chi connectivity index (χ1n) is 17.5. The molecule has 0 saturated carbocycles. The molecule has 4 aromatic rings. The lowest BCUT2D eigenvalue weighted by Crippen LogP contribution is -2.43. The Morgan fingerprint density at radius 2 is 1.12 bits per heavy atom. The highest BCUT2D eigenvalue weighted by Gasteiger charge is 2.48. The molecule has 1 heterocycles. The van der Waals surface area contributed by atoms with Crippen molar-refractivity contribution < 1.29 is 59.2 Å². The van der Waals surface area contributed by atoms with Crippen molar-refractivity contribution >= 4 is 85.8 Å². The molecule has 0 saturated heterocycles. The van der Waals surface area contributed by atoms with Gasteiger partial charge in [-0.2, -0.15) is 21.6 Å². The third-order valence-electron chi connectivity index (χ3n) is 8.54. The monoisotopic (exact) mass is 932 g/mol. The van der Waals surface area contributed by atoms with Crippen molar-refractivity contribution in [1.82, 2.24) is 10.6 Å². The second kappa shape index (κ2) is 21.6. The third kappa shape index (κ3) is 13.1. The first kappa shape index (κ1) is 47.8. The van der Waals surface area contributed by atoms with Gasteiger partial charge in [0.25, 0.3) is 11.8 Å². The summed E-state index contributed by atoms with van der Waals surface area (Å²) in [5, 5.41) is 5.65. The molecule has 12 nitrogen and oxygen atoms in total. The molecule has 1 aliphatic rings. The van der Waals surface area contributed by atoms with Gasteiger partial charge in [0.1, 0.15) is 17.8 Å². The highest BCUT2D eigenvalue weighted by molar-refractivity contribution is 7.88. The zero-order chi connectivity index (χ0) is 44.2. The van der Waals surface area contributed by atoms with Crippen molar-refractivity contribution in [3.05, 3.63) is 139 Å². The molecule has 0 spiro atoms. The minimum atomic E-state index is -5.81. The van der Waals surface area contributed by atoms with E-state index in [2.05, 4.69) is 25.6 Å². The normalized spacial score (nSPS) is 13.7. The minimum Gasteiger partial charge on any atom is -0.467 e. The van der Waals surface area contributed by atoms with Crippen LogP contribution in [-0.4, -0.2) is 77.2 Å². The van der Waals surface area contributed by atoms with Gasteiger partial charge in [0, 0.05) is 12.8 Å². The van der Waals surface area contributed by atoms with Crippen LogP contribution in [0.4, 0.5) is 13.2 Å². The number of carbonyl (C=O) groups excluding carboxylic acids is 4. The molecule has 60 heavy (non-hydrogen) atoms. The SMILES string of the molecule is COC(=O)[C@H](Cc1ccc(C2=CCOCC2)cc1)NC(=O)c1c(Cl)cccc1Cl.COC(=O)[C@H](Cc1ccc(OS(=O)(=O)C(F)(F)F)cc1)NC(=O)c1c(Cl)cccc1Cl. The molecule has 4 aromatic carbocycles. The Hall–Kier alpha value is -4.84. The van der Waals surface area contributed by atoms with E-state index in [1.807, 2.05) is 24.3 Å². The zero-order valence-electron chi connectivity index (χ0n) is 31.5. The number of hydrogen-bond donors (Lipinski definition) is 2. The molecule has 0 fully saturated rings. The Kier molecular flexibility index (Phi) is 17.2. The number of benzene rings is 4. The molecule has 0 aromatic heterocycles. The lowest BCUT2D eigenvalue weighted by atomic mass is 9.98. The predicted octanol–water partition coefficient (Wildman–Crippen LogP) is 8.05. The molecule has 0 aliphatic carbocycles. The van der Waals surface area contributed by atoms with Gasteiger partial charge in [0.2, 0.25) is 0 Å². The molecule has 20 heteroatoms. The summed E-state index contributed by atoms with van der Waals surface area (Å²) in [6.45, 7) is 1.34. The van der Waals surface area contributed by atoms with E-state index in [4.69, 9.17) is 55.9 Å². The van der Waals surface area contributed by atoms with E-state index in [0.717, 1.165) is 36.8 Å². The van der Waals surface area contributed by atoms with E-state index < -0.39 is 57.2 Å². The van der Waals surface area contributed by atoms with E-state index in [-0.39, 0.29) is 44.1 Å². The Bertz CT molecular complexity index is 2290. The van der Waals surface area contributed by atoms with Crippen LogP contribution in [0.3, 0.4) is 0 Å². The number of alkyl halides is 3. The van der Waals surface area contributed by atoms with Crippen molar-refractivity contribution in [2.75, 3.05) is 27.4 Å². The second-order valence-corrected chi connectivity index (χ2v) is 15.7. The molecule has 2 N–H and O–H groups in total. The average Bonchev–Trinajstić information content (AvgIpc) is 3.20. The highest BCUT2D eigenvalue weighted by atomic mass is 35.5. The summed E-state index contributed by atoms with van der Waals surface area (Å²) in [7, 11) is -3.43. The molecule has 0 radical (unpaired) electrons. The Morgan fingerprint density at radius 1 is 0.700 bits per heavy atom. The molecule has 5 rings (SSSR count). The number of hydrogen-bond acceptors (Lipinski definition) is 10. The van der Waals surface area contributed by atoms with Crippen molar-refractivity contribution in [2.45, 2.75) is 36.9 Å². The molecular weight excluding hydrogens is 899 g/mol. The van der Waals surface area contributed by atoms with Crippen LogP contribution in [0.5, 0.6) is 5.75 Å². The lowest BCUT2D eigenvalue weighted by Gasteiger charge is -2.18. The first-order valence-corrected chi connectivity index (χ1v) is 20.4. The van der Waals surface area contributed by atoms with Crippen LogP contribution in [0.1, 0.15) is 43.8 Å². The van der Waals surface area contributed by atoms with Crippen LogP contribution in [0, 0.1) is 0 Å². The van der Waals surface area contributed by atoms with Crippen LogP contribution >= 0.6 is 46.4 Å². The molecular formula is C40H35Cl4F3N2O10S. The van der Waals surface area contributed by atoms with Crippen LogP contribution in [-0.2, 0) is 46.8 Å². The van der Waals surface area contributed by atoms with Crippen molar-refractivity contribution in [3.63, 3.8) is 0 Å². The molecule has 2 atom stereocenters. The second-order valence-electron chi connectivity index (χ2n) is 12.6. The topological polar surface area (TPSA) is 163 Å². The molecule has 320 valence electrons. The Balaban J connectivity index is 0.000000265. The van der Waals surface area contributed by atoms with Gasteiger partial charge in [-0.15, -0.1) is 0 Å². The van der Waals surface area contributed by atoms with Gasteiger partial charge in [-0.1, -0.05) is 101 Å². The summed E-state index contributed by atoms with van der Waals surface area (Å²) < 4.78 is 78.1. The quantitative estimate of drug-likeness (QED) is 0.0762. The summed E-state index contributed by atoms with van der Waals surface area (Å²) in [5.41, 5.74) is -1.88. The number of halogens is 7. The maximum Gasteiger partial charge on any atom is 0.534 e. The van der Waals surface area contributed by atoms with Gasteiger partial charge < -0.3 is 29.0 Å².